The van der Waals surface area contributed by atoms with E-state index in [2.05, 4.69) is 15.2 Å². The Hall–Kier alpha value is -1.61. The first-order valence-electron chi connectivity index (χ1n) is 7.28. The lowest BCUT2D eigenvalue weighted by Crippen LogP contribution is -2.44. The third-order valence-corrected chi connectivity index (χ3v) is 5.80. The molecule has 1 aromatic heterocycles. The van der Waals surface area contributed by atoms with E-state index in [4.69, 9.17) is 27.7 Å². The van der Waals surface area contributed by atoms with E-state index < -0.39 is 22.0 Å². The van der Waals surface area contributed by atoms with Crippen molar-refractivity contribution in [3.63, 3.8) is 0 Å². The third kappa shape index (κ3) is 4.72. The first kappa shape index (κ1) is 19.7. The molecule has 2 N–H and O–H groups in total. The van der Waals surface area contributed by atoms with E-state index in [1.54, 1.807) is 18.2 Å². The van der Waals surface area contributed by atoms with Crippen LogP contribution in [0.25, 0.3) is 0 Å². The second kappa shape index (κ2) is 7.74. The van der Waals surface area contributed by atoms with Gasteiger partial charge >= 0.3 is 0 Å². The molecule has 0 saturated carbocycles. The van der Waals surface area contributed by atoms with Gasteiger partial charge in [-0.05, 0) is 38.5 Å². The first-order valence-corrected chi connectivity index (χ1v) is 9.52. The van der Waals surface area contributed by atoms with Crippen LogP contribution in [0.3, 0.4) is 0 Å². The van der Waals surface area contributed by atoms with Gasteiger partial charge in [-0.15, -0.1) is 0 Å². The average Bonchev–Trinajstić information content (AvgIpc) is 2.85. The van der Waals surface area contributed by atoms with Crippen LogP contribution in [0.15, 0.2) is 27.6 Å². The summed E-state index contributed by atoms with van der Waals surface area (Å²) in [6.45, 7) is 4.58. The highest BCUT2D eigenvalue weighted by Crippen LogP contribution is 2.21. The van der Waals surface area contributed by atoms with E-state index >= 15 is 0 Å². The van der Waals surface area contributed by atoms with Crippen LogP contribution in [0.2, 0.25) is 10.0 Å². The summed E-state index contributed by atoms with van der Waals surface area (Å²) < 4.78 is 31.9. The summed E-state index contributed by atoms with van der Waals surface area (Å²) in [4.78, 5) is 12.1. The maximum absolute atomic E-state index is 12.4. The quantitative estimate of drug-likeness (QED) is 0.768. The molecule has 25 heavy (non-hydrogen) atoms. The number of nitrogens with zero attached hydrogens (tertiary/aromatic N) is 1. The van der Waals surface area contributed by atoms with Crippen molar-refractivity contribution < 1.29 is 17.7 Å². The molecule has 0 bridgehead atoms. The van der Waals surface area contributed by atoms with Crippen LogP contribution < -0.4 is 10.0 Å². The normalized spacial score (nSPS) is 12.8. The SMILES string of the molecule is Cc1noc(C)c1S(=O)(=O)NC(C)C(=O)NCc1ccc(Cl)cc1Cl. The molecule has 1 unspecified atom stereocenters. The van der Waals surface area contributed by atoms with Crippen LogP contribution in [0.1, 0.15) is 23.9 Å². The van der Waals surface area contributed by atoms with E-state index in [1.807, 2.05) is 0 Å². The summed E-state index contributed by atoms with van der Waals surface area (Å²) in [7, 11) is -3.93. The summed E-state index contributed by atoms with van der Waals surface area (Å²) in [6, 6.07) is 3.90. The van der Waals surface area contributed by atoms with Crippen molar-refractivity contribution in [1.82, 2.24) is 15.2 Å². The number of aryl methyl sites for hydroxylation is 2. The number of hydrogen-bond acceptors (Lipinski definition) is 5. The van der Waals surface area contributed by atoms with Crippen LogP contribution in [0, 0.1) is 13.8 Å². The van der Waals surface area contributed by atoms with Crippen molar-refractivity contribution in [2.45, 2.75) is 38.3 Å². The van der Waals surface area contributed by atoms with Crippen molar-refractivity contribution in [2.24, 2.45) is 0 Å². The van der Waals surface area contributed by atoms with Crippen LogP contribution >= 0.6 is 23.2 Å². The Bertz CT molecular complexity index is 877. The summed E-state index contributed by atoms with van der Waals surface area (Å²) in [6.07, 6.45) is 0. The van der Waals surface area contributed by atoms with Gasteiger partial charge in [-0.1, -0.05) is 34.4 Å². The molecule has 0 aliphatic heterocycles. The zero-order chi connectivity index (χ0) is 18.8. The summed E-state index contributed by atoms with van der Waals surface area (Å²) in [5, 5.41) is 7.13. The molecule has 7 nitrogen and oxygen atoms in total. The van der Waals surface area contributed by atoms with Gasteiger partial charge in [-0.2, -0.15) is 4.72 Å². The average molecular weight is 406 g/mol. The van der Waals surface area contributed by atoms with Crippen molar-refractivity contribution in [1.29, 1.82) is 0 Å². The Labute approximate surface area is 155 Å². The second-order valence-electron chi connectivity index (χ2n) is 5.45. The van der Waals surface area contributed by atoms with Crippen molar-refractivity contribution >= 4 is 39.1 Å². The summed E-state index contributed by atoms with van der Waals surface area (Å²) >= 11 is 11.9. The fourth-order valence-corrected chi connectivity index (χ4v) is 4.21. The number of hydrogen-bond donors (Lipinski definition) is 2. The Balaban J connectivity index is 2.03. The molecular formula is C15H17Cl2N3O4S. The van der Waals surface area contributed by atoms with E-state index in [0.29, 0.717) is 15.6 Å². The lowest BCUT2D eigenvalue weighted by molar-refractivity contribution is -0.122. The molecule has 0 aliphatic carbocycles. The Morgan fingerprint density at radius 1 is 1.32 bits per heavy atom. The maximum atomic E-state index is 12.4. The Morgan fingerprint density at radius 3 is 2.56 bits per heavy atom. The van der Waals surface area contributed by atoms with Crippen LogP contribution in [-0.2, 0) is 21.4 Å². The molecule has 2 rings (SSSR count). The molecule has 0 fully saturated rings. The van der Waals surface area contributed by atoms with Crippen LogP contribution in [0.4, 0.5) is 0 Å². The number of carbonyl (C=O) groups excluding carboxylic acids is 1. The number of amides is 1. The molecular weight excluding hydrogens is 389 g/mol. The second-order valence-corrected chi connectivity index (χ2v) is 7.94. The number of halogens is 2. The van der Waals surface area contributed by atoms with E-state index in [1.165, 1.54) is 20.8 Å². The molecule has 1 aromatic carbocycles. The minimum Gasteiger partial charge on any atom is -0.360 e. The van der Waals surface area contributed by atoms with Crippen LogP contribution in [0.5, 0.6) is 0 Å². The summed E-state index contributed by atoms with van der Waals surface area (Å²) in [5.41, 5.74) is 0.894. The van der Waals surface area contributed by atoms with E-state index in [-0.39, 0.29) is 22.9 Å². The van der Waals surface area contributed by atoms with Gasteiger partial charge in [0.05, 0.1) is 6.04 Å². The van der Waals surface area contributed by atoms with Crippen LogP contribution in [-0.4, -0.2) is 25.5 Å². The van der Waals surface area contributed by atoms with Gasteiger partial charge in [0.2, 0.25) is 15.9 Å². The van der Waals surface area contributed by atoms with Gasteiger partial charge in [0, 0.05) is 16.6 Å². The highest BCUT2D eigenvalue weighted by atomic mass is 35.5. The zero-order valence-corrected chi connectivity index (χ0v) is 16.1. The molecule has 2 aromatic rings. The standard InChI is InChI=1S/C15H17Cl2N3O4S/c1-8-14(10(3)24-19-8)25(22,23)20-9(2)15(21)18-7-11-4-5-12(16)6-13(11)17/h4-6,9,20H,7H2,1-3H3,(H,18,21). The smallest absolute Gasteiger partial charge is 0.246 e. The minimum atomic E-state index is -3.93. The largest absolute Gasteiger partial charge is 0.360 e. The van der Waals surface area contributed by atoms with Gasteiger partial charge in [0.1, 0.15) is 10.6 Å². The zero-order valence-electron chi connectivity index (χ0n) is 13.8. The molecule has 136 valence electrons. The van der Waals surface area contributed by atoms with Gasteiger partial charge in [0.25, 0.3) is 0 Å². The van der Waals surface area contributed by atoms with Crippen molar-refractivity contribution in [3.05, 3.63) is 45.3 Å². The van der Waals surface area contributed by atoms with E-state index in [0.717, 1.165) is 0 Å². The molecule has 1 amide bonds. The highest BCUT2D eigenvalue weighted by molar-refractivity contribution is 7.89. The van der Waals surface area contributed by atoms with Crippen molar-refractivity contribution in [2.75, 3.05) is 0 Å². The molecule has 0 spiro atoms. The fraction of sp³-hybridized carbons (Fsp3) is 0.333. The van der Waals surface area contributed by atoms with Gasteiger partial charge in [-0.25, -0.2) is 8.42 Å². The number of carbonyl (C=O) groups is 1. The molecule has 10 heteroatoms. The molecule has 0 aliphatic rings. The number of sulfonamides is 1. The highest BCUT2D eigenvalue weighted by Gasteiger charge is 2.28. The minimum absolute atomic E-state index is 0.0621. The molecule has 0 saturated heterocycles. The maximum Gasteiger partial charge on any atom is 0.246 e. The lowest BCUT2D eigenvalue weighted by Gasteiger charge is -2.14. The summed E-state index contributed by atoms with van der Waals surface area (Å²) in [5.74, 6) is -0.341. The predicted molar refractivity (Wildman–Crippen MR) is 94.1 cm³/mol. The van der Waals surface area contributed by atoms with E-state index in [9.17, 15) is 13.2 Å². The Kier molecular flexibility index (Phi) is 6.10. The van der Waals surface area contributed by atoms with Gasteiger partial charge < -0.3 is 9.84 Å². The molecule has 0 radical (unpaired) electrons. The molecule has 1 atom stereocenters. The van der Waals surface area contributed by atoms with Crippen molar-refractivity contribution in [3.8, 4) is 0 Å². The third-order valence-electron chi connectivity index (χ3n) is 3.43. The predicted octanol–water partition coefficient (Wildman–Crippen LogP) is 2.58. The monoisotopic (exact) mass is 405 g/mol. The molecule has 1 heterocycles. The number of nitrogens with one attached hydrogen (secondary N) is 2. The topological polar surface area (TPSA) is 101 Å². The number of rotatable bonds is 6. The fourth-order valence-electron chi connectivity index (χ4n) is 2.20. The lowest BCUT2D eigenvalue weighted by atomic mass is 10.2. The first-order chi connectivity index (χ1) is 11.6. The number of aromatic nitrogens is 1. The van der Waals surface area contributed by atoms with Gasteiger partial charge in [-0.3, -0.25) is 4.79 Å². The number of benzene rings is 1. The van der Waals surface area contributed by atoms with Gasteiger partial charge in [0.15, 0.2) is 5.76 Å². The Morgan fingerprint density at radius 2 is 2.00 bits per heavy atom.